The molecule has 0 amide bonds. The summed E-state index contributed by atoms with van der Waals surface area (Å²) in [7, 11) is 0. The zero-order valence-electron chi connectivity index (χ0n) is 13.1. The fourth-order valence-electron chi connectivity index (χ4n) is 2.71. The average molecular weight is 292 g/mol. The number of rotatable bonds is 5. The summed E-state index contributed by atoms with van der Waals surface area (Å²) < 4.78 is 11.1. The standard InChI is InChI=1S/C18H28O3/c1-2-3-7-11-16-17(21-16)14-13-15-10-8-5-4-6-9-12-18(19)20-15/h3,7,13-17H,2,4-6,8-12H2,1H3/b7-3-,14-13+/t15-,16-,17-/m0/s1. The Kier molecular flexibility index (Phi) is 7.01. The highest BCUT2D eigenvalue weighted by Gasteiger charge is 2.35. The van der Waals surface area contributed by atoms with Crippen molar-refractivity contribution in [3.05, 3.63) is 24.3 Å². The number of ether oxygens (including phenoxy) is 2. The van der Waals surface area contributed by atoms with E-state index in [1.807, 2.05) is 6.08 Å². The number of carbonyl (C=O) groups excluding carboxylic acids is 1. The summed E-state index contributed by atoms with van der Waals surface area (Å²) in [4.78, 5) is 11.7. The Hall–Kier alpha value is -1.09. The quantitative estimate of drug-likeness (QED) is 0.430. The van der Waals surface area contributed by atoms with E-state index in [0.29, 0.717) is 12.5 Å². The van der Waals surface area contributed by atoms with Crippen LogP contribution in [0.2, 0.25) is 0 Å². The van der Waals surface area contributed by atoms with Crippen LogP contribution in [0.5, 0.6) is 0 Å². The molecule has 118 valence electrons. The van der Waals surface area contributed by atoms with Crippen molar-refractivity contribution in [1.82, 2.24) is 0 Å². The first-order valence-electron chi connectivity index (χ1n) is 8.48. The van der Waals surface area contributed by atoms with E-state index in [-0.39, 0.29) is 18.2 Å². The van der Waals surface area contributed by atoms with E-state index in [1.165, 1.54) is 12.8 Å². The van der Waals surface area contributed by atoms with Crippen molar-refractivity contribution in [3.8, 4) is 0 Å². The molecule has 0 aromatic rings. The molecule has 0 bridgehead atoms. The molecule has 2 aliphatic rings. The van der Waals surface area contributed by atoms with Crippen LogP contribution < -0.4 is 0 Å². The number of epoxide rings is 1. The molecule has 0 N–H and O–H groups in total. The molecular weight excluding hydrogens is 264 g/mol. The van der Waals surface area contributed by atoms with Gasteiger partial charge in [-0.1, -0.05) is 44.4 Å². The minimum absolute atomic E-state index is 0.0503. The zero-order chi connectivity index (χ0) is 14.9. The molecule has 0 radical (unpaired) electrons. The van der Waals surface area contributed by atoms with E-state index >= 15 is 0 Å². The van der Waals surface area contributed by atoms with Gasteiger partial charge in [0.25, 0.3) is 0 Å². The van der Waals surface area contributed by atoms with Crippen LogP contribution in [0.25, 0.3) is 0 Å². The van der Waals surface area contributed by atoms with Crippen molar-refractivity contribution < 1.29 is 14.3 Å². The van der Waals surface area contributed by atoms with Crippen LogP contribution in [0.3, 0.4) is 0 Å². The third kappa shape index (κ3) is 6.47. The maximum absolute atomic E-state index is 11.7. The maximum atomic E-state index is 11.7. The van der Waals surface area contributed by atoms with Crippen LogP contribution in [0.4, 0.5) is 0 Å². The van der Waals surface area contributed by atoms with Gasteiger partial charge in [-0.25, -0.2) is 0 Å². The molecule has 0 aromatic heterocycles. The molecule has 2 aliphatic heterocycles. The van der Waals surface area contributed by atoms with Crippen molar-refractivity contribution in [3.63, 3.8) is 0 Å². The second-order valence-corrected chi connectivity index (χ2v) is 5.97. The van der Waals surface area contributed by atoms with Gasteiger partial charge in [-0.2, -0.15) is 0 Å². The first kappa shape index (κ1) is 16.3. The molecule has 2 heterocycles. The summed E-state index contributed by atoms with van der Waals surface area (Å²) in [6.45, 7) is 2.13. The number of carbonyl (C=O) groups is 1. The second-order valence-electron chi connectivity index (χ2n) is 5.97. The Balaban J connectivity index is 1.75. The third-order valence-corrected chi connectivity index (χ3v) is 4.06. The first-order chi connectivity index (χ1) is 10.3. The van der Waals surface area contributed by atoms with E-state index in [9.17, 15) is 4.79 Å². The lowest BCUT2D eigenvalue weighted by Crippen LogP contribution is -2.17. The van der Waals surface area contributed by atoms with Gasteiger partial charge in [0.15, 0.2) is 0 Å². The minimum Gasteiger partial charge on any atom is -0.458 e. The molecule has 0 spiro atoms. The molecule has 21 heavy (non-hydrogen) atoms. The molecule has 0 unspecified atom stereocenters. The summed E-state index contributed by atoms with van der Waals surface area (Å²) in [5, 5.41) is 0. The van der Waals surface area contributed by atoms with Crippen molar-refractivity contribution in [2.45, 2.75) is 83.0 Å². The van der Waals surface area contributed by atoms with Gasteiger partial charge in [0.1, 0.15) is 12.2 Å². The van der Waals surface area contributed by atoms with Gasteiger partial charge < -0.3 is 9.47 Å². The molecule has 3 heteroatoms. The van der Waals surface area contributed by atoms with Gasteiger partial charge in [-0.05, 0) is 38.2 Å². The predicted octanol–water partition coefficient (Wildman–Crippen LogP) is 4.32. The molecule has 2 fully saturated rings. The number of hydrogen-bond donors (Lipinski definition) is 0. The summed E-state index contributed by atoms with van der Waals surface area (Å²) in [6, 6.07) is 0. The number of cyclic esters (lactones) is 1. The lowest BCUT2D eigenvalue weighted by Gasteiger charge is -2.16. The van der Waals surface area contributed by atoms with E-state index in [1.54, 1.807) is 0 Å². The van der Waals surface area contributed by atoms with Crippen LogP contribution in [0, 0.1) is 0 Å². The Bertz CT molecular complexity index is 373. The van der Waals surface area contributed by atoms with Crippen molar-refractivity contribution >= 4 is 5.97 Å². The van der Waals surface area contributed by atoms with Crippen molar-refractivity contribution in [2.75, 3.05) is 0 Å². The molecule has 2 rings (SSSR count). The smallest absolute Gasteiger partial charge is 0.306 e. The Labute approximate surface area is 128 Å². The molecule has 2 saturated heterocycles. The second kappa shape index (κ2) is 9.04. The lowest BCUT2D eigenvalue weighted by molar-refractivity contribution is -0.147. The Morgan fingerprint density at radius 1 is 1.10 bits per heavy atom. The molecule has 0 aliphatic carbocycles. The van der Waals surface area contributed by atoms with Gasteiger partial charge in [0, 0.05) is 6.42 Å². The van der Waals surface area contributed by atoms with E-state index in [0.717, 1.165) is 38.5 Å². The van der Waals surface area contributed by atoms with Crippen LogP contribution >= 0.6 is 0 Å². The third-order valence-electron chi connectivity index (χ3n) is 4.06. The SMILES string of the molecule is CC/C=C\C[C@@H]1O[C@H]1/C=C/[C@@H]1CCCCCCCC(=O)O1. The largest absolute Gasteiger partial charge is 0.458 e. The number of hydrogen-bond acceptors (Lipinski definition) is 3. The normalized spacial score (nSPS) is 31.5. The fourth-order valence-corrected chi connectivity index (χ4v) is 2.71. The van der Waals surface area contributed by atoms with Crippen molar-refractivity contribution in [2.24, 2.45) is 0 Å². The van der Waals surface area contributed by atoms with Gasteiger partial charge in [0.05, 0.1) is 6.10 Å². The lowest BCUT2D eigenvalue weighted by atomic mass is 10.0. The molecule has 0 saturated carbocycles. The van der Waals surface area contributed by atoms with E-state index in [4.69, 9.17) is 9.47 Å². The topological polar surface area (TPSA) is 38.8 Å². The Morgan fingerprint density at radius 2 is 1.90 bits per heavy atom. The van der Waals surface area contributed by atoms with Crippen LogP contribution in [0.15, 0.2) is 24.3 Å². The van der Waals surface area contributed by atoms with Gasteiger partial charge in [0.2, 0.25) is 0 Å². The highest BCUT2D eigenvalue weighted by molar-refractivity contribution is 5.69. The fraction of sp³-hybridized carbons (Fsp3) is 0.722. The average Bonchev–Trinajstić information content (AvgIpc) is 3.22. The molecule has 3 nitrogen and oxygen atoms in total. The van der Waals surface area contributed by atoms with Crippen LogP contribution in [-0.4, -0.2) is 24.3 Å². The number of esters is 1. The Morgan fingerprint density at radius 3 is 2.76 bits per heavy atom. The van der Waals surface area contributed by atoms with Gasteiger partial charge in [-0.15, -0.1) is 0 Å². The summed E-state index contributed by atoms with van der Waals surface area (Å²) in [5.74, 6) is -0.0503. The highest BCUT2D eigenvalue weighted by atomic mass is 16.6. The number of allylic oxidation sites excluding steroid dienone is 1. The highest BCUT2D eigenvalue weighted by Crippen LogP contribution is 2.27. The van der Waals surface area contributed by atoms with Gasteiger partial charge in [-0.3, -0.25) is 4.79 Å². The predicted molar refractivity (Wildman–Crippen MR) is 84.0 cm³/mol. The van der Waals surface area contributed by atoms with E-state index < -0.39 is 0 Å². The molecule has 0 aromatic carbocycles. The maximum Gasteiger partial charge on any atom is 0.306 e. The van der Waals surface area contributed by atoms with Crippen LogP contribution in [0.1, 0.15) is 64.7 Å². The van der Waals surface area contributed by atoms with Gasteiger partial charge >= 0.3 is 5.97 Å². The summed E-state index contributed by atoms with van der Waals surface area (Å²) in [6.07, 6.45) is 18.2. The zero-order valence-corrected chi connectivity index (χ0v) is 13.1. The molecule has 3 atom stereocenters. The minimum atomic E-state index is -0.0633. The first-order valence-corrected chi connectivity index (χ1v) is 8.48. The van der Waals surface area contributed by atoms with Crippen molar-refractivity contribution in [1.29, 1.82) is 0 Å². The summed E-state index contributed by atoms with van der Waals surface area (Å²) in [5.41, 5.74) is 0. The summed E-state index contributed by atoms with van der Waals surface area (Å²) >= 11 is 0. The monoisotopic (exact) mass is 292 g/mol. The van der Waals surface area contributed by atoms with Crippen LogP contribution in [-0.2, 0) is 14.3 Å². The van der Waals surface area contributed by atoms with E-state index in [2.05, 4.69) is 25.2 Å². The molecular formula is C18H28O3.